The molecule has 102 valence electrons. The third-order valence-electron chi connectivity index (χ3n) is 2.98. The monoisotopic (exact) mass is 261 g/mol. The van der Waals surface area contributed by atoms with E-state index in [2.05, 4.69) is 11.2 Å². The van der Waals surface area contributed by atoms with E-state index in [0.29, 0.717) is 31.3 Å². The maximum atomic E-state index is 5.59. The standard InChI is InChI=1S/C15H19NO3/c1-5-15(2,3)16-10-11-8-12(17-4)14-13(9-11)18-6-7-19-14/h1,8-9,16H,6-7,10H2,2-4H3. The summed E-state index contributed by atoms with van der Waals surface area (Å²) in [6.45, 7) is 5.67. The number of nitrogens with one attached hydrogen (secondary N) is 1. The lowest BCUT2D eigenvalue weighted by Crippen LogP contribution is -2.36. The Morgan fingerprint density at radius 1 is 1.37 bits per heavy atom. The quantitative estimate of drug-likeness (QED) is 0.841. The van der Waals surface area contributed by atoms with Gasteiger partial charge < -0.3 is 14.2 Å². The van der Waals surface area contributed by atoms with Crippen LogP contribution in [0.15, 0.2) is 12.1 Å². The van der Waals surface area contributed by atoms with Gasteiger partial charge in [0.25, 0.3) is 0 Å². The first-order chi connectivity index (χ1) is 9.05. The van der Waals surface area contributed by atoms with Crippen LogP contribution in [0.1, 0.15) is 19.4 Å². The Kier molecular flexibility index (Phi) is 3.87. The smallest absolute Gasteiger partial charge is 0.203 e. The number of ether oxygens (including phenoxy) is 3. The maximum Gasteiger partial charge on any atom is 0.203 e. The second kappa shape index (κ2) is 5.41. The van der Waals surface area contributed by atoms with Crippen molar-refractivity contribution >= 4 is 0 Å². The van der Waals surface area contributed by atoms with Crippen LogP contribution in [0.3, 0.4) is 0 Å². The molecule has 1 aliphatic heterocycles. The number of rotatable bonds is 4. The average Bonchev–Trinajstić information content (AvgIpc) is 2.44. The summed E-state index contributed by atoms with van der Waals surface area (Å²) < 4.78 is 16.5. The van der Waals surface area contributed by atoms with Crippen LogP contribution in [0.2, 0.25) is 0 Å². The molecule has 0 radical (unpaired) electrons. The first-order valence-corrected chi connectivity index (χ1v) is 6.25. The van der Waals surface area contributed by atoms with E-state index in [4.69, 9.17) is 20.6 Å². The molecule has 0 amide bonds. The van der Waals surface area contributed by atoms with Crippen LogP contribution in [0.4, 0.5) is 0 Å². The van der Waals surface area contributed by atoms with E-state index in [-0.39, 0.29) is 5.54 Å². The summed E-state index contributed by atoms with van der Waals surface area (Å²) in [7, 11) is 1.62. The van der Waals surface area contributed by atoms with Crippen LogP contribution in [-0.4, -0.2) is 25.9 Å². The van der Waals surface area contributed by atoms with Crippen molar-refractivity contribution in [2.45, 2.75) is 25.9 Å². The summed E-state index contributed by atoms with van der Waals surface area (Å²) in [5.41, 5.74) is 0.699. The number of terminal acetylenes is 1. The third kappa shape index (κ3) is 3.12. The predicted molar refractivity (Wildman–Crippen MR) is 73.7 cm³/mol. The first-order valence-electron chi connectivity index (χ1n) is 6.25. The molecule has 0 spiro atoms. The Morgan fingerprint density at radius 3 is 2.79 bits per heavy atom. The highest BCUT2D eigenvalue weighted by Gasteiger charge is 2.19. The molecule has 0 bridgehead atoms. The van der Waals surface area contributed by atoms with Crippen molar-refractivity contribution < 1.29 is 14.2 Å². The minimum atomic E-state index is -0.347. The summed E-state index contributed by atoms with van der Waals surface area (Å²) in [4.78, 5) is 0. The second-order valence-electron chi connectivity index (χ2n) is 4.95. The molecule has 0 atom stereocenters. The highest BCUT2D eigenvalue weighted by molar-refractivity contribution is 5.54. The van der Waals surface area contributed by atoms with Crippen LogP contribution in [0, 0.1) is 12.3 Å². The Balaban J connectivity index is 2.21. The van der Waals surface area contributed by atoms with Crippen LogP contribution in [0.5, 0.6) is 17.2 Å². The molecular weight excluding hydrogens is 242 g/mol. The number of hydrogen-bond acceptors (Lipinski definition) is 4. The molecule has 1 aromatic rings. The van der Waals surface area contributed by atoms with Gasteiger partial charge >= 0.3 is 0 Å². The van der Waals surface area contributed by atoms with Crippen LogP contribution in [0.25, 0.3) is 0 Å². The molecule has 4 heteroatoms. The lowest BCUT2D eigenvalue weighted by molar-refractivity contribution is 0.165. The van der Waals surface area contributed by atoms with E-state index in [1.54, 1.807) is 7.11 Å². The summed E-state index contributed by atoms with van der Waals surface area (Å²) >= 11 is 0. The van der Waals surface area contributed by atoms with Crippen molar-refractivity contribution in [2.75, 3.05) is 20.3 Å². The molecule has 1 heterocycles. The Bertz CT molecular complexity index is 486. The van der Waals surface area contributed by atoms with E-state index < -0.39 is 0 Å². The van der Waals surface area contributed by atoms with Gasteiger partial charge in [-0.2, -0.15) is 0 Å². The molecule has 0 unspecified atom stereocenters. The number of methoxy groups -OCH3 is 1. The van der Waals surface area contributed by atoms with Crippen LogP contribution in [-0.2, 0) is 6.54 Å². The molecule has 4 nitrogen and oxygen atoms in total. The fourth-order valence-electron chi connectivity index (χ4n) is 1.80. The van der Waals surface area contributed by atoms with Gasteiger partial charge in [-0.05, 0) is 31.5 Å². The van der Waals surface area contributed by atoms with Crippen molar-refractivity contribution in [3.05, 3.63) is 17.7 Å². The van der Waals surface area contributed by atoms with Gasteiger partial charge in [-0.3, -0.25) is 5.32 Å². The number of benzene rings is 1. The van der Waals surface area contributed by atoms with Crippen molar-refractivity contribution in [1.29, 1.82) is 0 Å². The lowest BCUT2D eigenvalue weighted by Gasteiger charge is -2.23. The summed E-state index contributed by atoms with van der Waals surface area (Å²) in [6, 6.07) is 3.89. The highest BCUT2D eigenvalue weighted by atomic mass is 16.6. The third-order valence-corrected chi connectivity index (χ3v) is 2.98. The van der Waals surface area contributed by atoms with E-state index in [1.807, 2.05) is 26.0 Å². The minimum Gasteiger partial charge on any atom is -0.493 e. The van der Waals surface area contributed by atoms with Gasteiger partial charge in [0.15, 0.2) is 11.5 Å². The zero-order valence-corrected chi connectivity index (χ0v) is 11.6. The molecule has 0 aromatic heterocycles. The Hall–Kier alpha value is -1.86. The Morgan fingerprint density at radius 2 is 2.11 bits per heavy atom. The topological polar surface area (TPSA) is 39.7 Å². The zero-order valence-electron chi connectivity index (χ0n) is 11.6. The summed E-state index contributed by atoms with van der Waals surface area (Å²) in [5.74, 6) is 4.79. The highest BCUT2D eigenvalue weighted by Crippen LogP contribution is 2.40. The van der Waals surface area contributed by atoms with Gasteiger partial charge in [-0.15, -0.1) is 6.42 Å². The molecule has 0 saturated carbocycles. The molecule has 0 saturated heterocycles. The van der Waals surface area contributed by atoms with E-state index in [9.17, 15) is 0 Å². The van der Waals surface area contributed by atoms with Gasteiger partial charge in [0.05, 0.1) is 12.6 Å². The maximum absolute atomic E-state index is 5.59. The summed E-state index contributed by atoms with van der Waals surface area (Å²) in [5, 5.41) is 3.30. The van der Waals surface area contributed by atoms with Gasteiger partial charge in [-0.1, -0.05) is 5.92 Å². The van der Waals surface area contributed by atoms with Gasteiger partial charge in [-0.25, -0.2) is 0 Å². The summed E-state index contributed by atoms with van der Waals surface area (Å²) in [6.07, 6.45) is 5.46. The molecule has 19 heavy (non-hydrogen) atoms. The second-order valence-corrected chi connectivity index (χ2v) is 4.95. The van der Waals surface area contributed by atoms with E-state index in [1.165, 1.54) is 0 Å². The molecule has 2 rings (SSSR count). The zero-order chi connectivity index (χ0) is 13.9. The Labute approximate surface area is 114 Å². The molecule has 1 aliphatic rings. The van der Waals surface area contributed by atoms with Crippen LogP contribution < -0.4 is 19.5 Å². The van der Waals surface area contributed by atoms with Crippen LogP contribution >= 0.6 is 0 Å². The van der Waals surface area contributed by atoms with Crippen molar-refractivity contribution in [2.24, 2.45) is 0 Å². The van der Waals surface area contributed by atoms with Crippen molar-refractivity contribution in [3.8, 4) is 29.6 Å². The number of hydrogen-bond donors (Lipinski definition) is 1. The average molecular weight is 261 g/mol. The van der Waals surface area contributed by atoms with E-state index in [0.717, 1.165) is 11.3 Å². The molecule has 0 fully saturated rings. The minimum absolute atomic E-state index is 0.347. The normalized spacial score (nSPS) is 13.8. The fourth-order valence-corrected chi connectivity index (χ4v) is 1.80. The van der Waals surface area contributed by atoms with E-state index >= 15 is 0 Å². The molecule has 1 N–H and O–H groups in total. The first kappa shape index (κ1) is 13.6. The molecule has 0 aliphatic carbocycles. The molecular formula is C15H19NO3. The molecule has 1 aromatic carbocycles. The van der Waals surface area contributed by atoms with Gasteiger partial charge in [0.1, 0.15) is 13.2 Å². The SMILES string of the molecule is C#CC(C)(C)NCc1cc(OC)c2c(c1)OCCO2. The van der Waals surface area contributed by atoms with Gasteiger partial charge in [0.2, 0.25) is 5.75 Å². The predicted octanol–water partition coefficient (Wildman–Crippen LogP) is 1.97. The van der Waals surface area contributed by atoms with Crippen molar-refractivity contribution in [1.82, 2.24) is 5.32 Å². The fraction of sp³-hybridized carbons (Fsp3) is 0.467. The van der Waals surface area contributed by atoms with Crippen molar-refractivity contribution in [3.63, 3.8) is 0 Å². The largest absolute Gasteiger partial charge is 0.493 e. The van der Waals surface area contributed by atoms with Gasteiger partial charge in [0, 0.05) is 6.54 Å². The number of fused-ring (bicyclic) bond motifs is 1. The lowest BCUT2D eigenvalue weighted by atomic mass is 10.1.